The molecule has 2 heterocycles. The Morgan fingerprint density at radius 3 is 2.57 bits per heavy atom. The van der Waals surface area contributed by atoms with E-state index in [4.69, 9.17) is 11.6 Å². The summed E-state index contributed by atoms with van der Waals surface area (Å²) in [7, 11) is 0. The first-order valence-electron chi connectivity index (χ1n) is 9.54. The molecule has 4 nitrogen and oxygen atoms in total. The van der Waals surface area contributed by atoms with Crippen LogP contribution in [0.1, 0.15) is 34.5 Å². The van der Waals surface area contributed by atoms with E-state index >= 15 is 0 Å². The fraction of sp³-hybridized carbons (Fsp3) is 0.261. The van der Waals surface area contributed by atoms with Crippen LogP contribution in [0.5, 0.6) is 5.75 Å². The van der Waals surface area contributed by atoms with Crippen LogP contribution in [0.3, 0.4) is 0 Å². The molecule has 2 N–H and O–H groups in total. The summed E-state index contributed by atoms with van der Waals surface area (Å²) >= 11 is 9.44. The normalized spacial score (nSPS) is 15.1. The molecule has 4 rings (SSSR count). The van der Waals surface area contributed by atoms with E-state index in [0.29, 0.717) is 10.6 Å². The second kappa shape index (κ2) is 7.84. The van der Waals surface area contributed by atoms with Crippen LogP contribution in [0.2, 0.25) is 5.02 Å². The number of hydrogen-bond donors (Lipinski definition) is 2. The third kappa shape index (κ3) is 3.18. The number of phenolic OH excluding ortho intramolecular Hbond substituents is 1. The number of phenols is 1. The van der Waals surface area contributed by atoms with Crippen LogP contribution in [0.4, 0.5) is 5.69 Å². The summed E-state index contributed by atoms with van der Waals surface area (Å²) < 4.78 is 2.27. The van der Waals surface area contributed by atoms with E-state index in [2.05, 4.69) is 22.7 Å². The second-order valence-corrected chi connectivity index (χ2v) is 9.58. The summed E-state index contributed by atoms with van der Waals surface area (Å²) in [6.07, 6.45) is 1.92. The van der Waals surface area contributed by atoms with Crippen molar-refractivity contribution >= 4 is 46.5 Å². The highest BCUT2D eigenvalue weighted by molar-refractivity contribution is 8.00. The largest absolute Gasteiger partial charge is 0.507 e. The molecule has 1 aromatic heterocycles. The summed E-state index contributed by atoms with van der Waals surface area (Å²) in [4.78, 5) is 13.1. The number of carboxylic acid groups (broad SMARTS) is 1. The van der Waals surface area contributed by atoms with Crippen LogP contribution in [-0.2, 0) is 11.2 Å². The number of nitrogens with zero attached hydrogens (tertiary/aromatic N) is 1. The Bertz CT molecular complexity index is 1170. The minimum absolute atomic E-state index is 0.0491. The van der Waals surface area contributed by atoms with E-state index in [-0.39, 0.29) is 18.2 Å². The van der Waals surface area contributed by atoms with E-state index in [0.717, 1.165) is 33.5 Å². The molecule has 1 aliphatic rings. The van der Waals surface area contributed by atoms with Crippen molar-refractivity contribution in [3.8, 4) is 28.0 Å². The van der Waals surface area contributed by atoms with E-state index in [1.165, 1.54) is 16.5 Å². The van der Waals surface area contributed by atoms with Gasteiger partial charge in [0.2, 0.25) is 0 Å². The average molecular weight is 460 g/mol. The highest BCUT2D eigenvalue weighted by atomic mass is 35.5. The van der Waals surface area contributed by atoms with Gasteiger partial charge in [-0.3, -0.25) is 4.79 Å². The lowest BCUT2D eigenvalue weighted by atomic mass is 9.81. The van der Waals surface area contributed by atoms with Gasteiger partial charge in [-0.25, -0.2) is 0 Å². The monoisotopic (exact) mass is 459 g/mol. The molecular formula is C23H22ClNO3S2. The molecule has 1 atom stereocenters. The fourth-order valence-electron chi connectivity index (χ4n) is 4.51. The number of halogens is 1. The summed E-state index contributed by atoms with van der Waals surface area (Å²) in [5.74, 6) is -0.851. The van der Waals surface area contributed by atoms with Crippen molar-refractivity contribution in [2.75, 3.05) is 10.6 Å². The molecule has 0 saturated carbocycles. The van der Waals surface area contributed by atoms with Gasteiger partial charge in [0, 0.05) is 32.8 Å². The summed E-state index contributed by atoms with van der Waals surface area (Å²) in [6.45, 7) is 6.18. The van der Waals surface area contributed by atoms with Crippen molar-refractivity contribution in [2.24, 2.45) is 0 Å². The standard InChI is InChI=1S/C23H22ClNO3S2/c1-11-17(10-19(27)28)20(15-6-5-14(24)9-18(15)26)12(2)21-16-7-8-30-23(16)13(3)25(29-4)22(11)21/h5-9,13,26H,10H2,1-4H3,(H,27,28)/t13-/m0/s1. The third-order valence-corrected chi connectivity index (χ3v) is 7.98. The summed E-state index contributed by atoms with van der Waals surface area (Å²) in [6, 6.07) is 7.32. The molecule has 0 spiro atoms. The fourth-order valence-corrected chi connectivity index (χ4v) is 6.52. The number of fused-ring (bicyclic) bond motifs is 3. The Hall–Kier alpha value is -2.15. The van der Waals surface area contributed by atoms with Gasteiger partial charge in [-0.2, -0.15) is 0 Å². The Balaban J connectivity index is 2.14. The van der Waals surface area contributed by atoms with Crippen LogP contribution >= 0.6 is 34.9 Å². The minimum atomic E-state index is -0.900. The molecule has 156 valence electrons. The molecule has 0 amide bonds. The molecule has 1 aliphatic heterocycles. The van der Waals surface area contributed by atoms with Gasteiger partial charge >= 0.3 is 5.97 Å². The van der Waals surface area contributed by atoms with Gasteiger partial charge in [-0.05, 0) is 72.7 Å². The molecule has 0 bridgehead atoms. The summed E-state index contributed by atoms with van der Waals surface area (Å²) in [5.41, 5.74) is 7.35. The maximum Gasteiger partial charge on any atom is 0.307 e. The first kappa shape index (κ1) is 21.1. The number of aliphatic carboxylic acids is 1. The quantitative estimate of drug-likeness (QED) is 0.418. The lowest BCUT2D eigenvalue weighted by molar-refractivity contribution is -0.136. The van der Waals surface area contributed by atoms with E-state index in [1.54, 1.807) is 35.4 Å². The highest BCUT2D eigenvalue weighted by Crippen LogP contribution is 2.55. The van der Waals surface area contributed by atoms with Gasteiger partial charge < -0.3 is 14.5 Å². The average Bonchev–Trinajstić information content (AvgIpc) is 3.17. The first-order chi connectivity index (χ1) is 14.3. The van der Waals surface area contributed by atoms with E-state index in [1.807, 2.05) is 20.1 Å². The van der Waals surface area contributed by atoms with Crippen molar-refractivity contribution in [1.29, 1.82) is 0 Å². The van der Waals surface area contributed by atoms with Gasteiger partial charge in [-0.1, -0.05) is 23.5 Å². The SMILES string of the molecule is CSN1c2c(C)c(CC(=O)O)c(-c3ccc(Cl)cc3O)c(C)c2-c2ccsc2[C@@H]1C. The molecule has 0 radical (unpaired) electrons. The van der Waals surface area contributed by atoms with Crippen molar-refractivity contribution in [2.45, 2.75) is 33.2 Å². The van der Waals surface area contributed by atoms with Crippen LogP contribution in [0.25, 0.3) is 22.3 Å². The Morgan fingerprint density at radius 1 is 1.20 bits per heavy atom. The zero-order chi connectivity index (χ0) is 21.7. The molecule has 30 heavy (non-hydrogen) atoms. The molecule has 0 aliphatic carbocycles. The van der Waals surface area contributed by atoms with Crippen molar-refractivity contribution in [3.63, 3.8) is 0 Å². The molecule has 0 fully saturated rings. The number of aromatic hydroxyl groups is 1. The van der Waals surface area contributed by atoms with Crippen LogP contribution in [-0.4, -0.2) is 22.4 Å². The van der Waals surface area contributed by atoms with Gasteiger partial charge in [0.1, 0.15) is 5.75 Å². The van der Waals surface area contributed by atoms with Gasteiger partial charge in [0.05, 0.1) is 18.2 Å². The number of thiophene rings is 1. The number of carboxylic acids is 1. The smallest absolute Gasteiger partial charge is 0.307 e. The van der Waals surface area contributed by atoms with Gasteiger partial charge in [-0.15, -0.1) is 11.3 Å². The number of benzene rings is 2. The molecule has 7 heteroatoms. The Kier molecular flexibility index (Phi) is 5.51. The van der Waals surface area contributed by atoms with Crippen LogP contribution in [0.15, 0.2) is 29.6 Å². The van der Waals surface area contributed by atoms with Crippen LogP contribution < -0.4 is 4.31 Å². The van der Waals surface area contributed by atoms with E-state index in [9.17, 15) is 15.0 Å². The Labute approximate surface area is 189 Å². The van der Waals surface area contributed by atoms with E-state index < -0.39 is 5.97 Å². The maximum atomic E-state index is 11.8. The minimum Gasteiger partial charge on any atom is -0.507 e. The third-order valence-electron chi connectivity index (χ3n) is 5.77. The van der Waals surface area contributed by atoms with Crippen molar-refractivity contribution < 1.29 is 15.0 Å². The van der Waals surface area contributed by atoms with Gasteiger partial charge in [0.15, 0.2) is 0 Å². The summed E-state index contributed by atoms with van der Waals surface area (Å²) in [5, 5.41) is 22.9. The zero-order valence-electron chi connectivity index (χ0n) is 17.1. The topological polar surface area (TPSA) is 60.8 Å². The molecule has 3 aromatic rings. The maximum absolute atomic E-state index is 11.8. The lowest BCUT2D eigenvalue weighted by Crippen LogP contribution is -2.25. The molecule has 0 unspecified atom stereocenters. The second-order valence-electron chi connectivity index (χ2n) is 7.44. The number of hydrogen-bond acceptors (Lipinski definition) is 5. The number of carbonyl (C=O) groups is 1. The highest BCUT2D eigenvalue weighted by Gasteiger charge is 2.35. The molecule has 0 saturated heterocycles. The lowest BCUT2D eigenvalue weighted by Gasteiger charge is -2.38. The van der Waals surface area contributed by atoms with Gasteiger partial charge in [0.25, 0.3) is 0 Å². The predicted molar refractivity (Wildman–Crippen MR) is 127 cm³/mol. The van der Waals surface area contributed by atoms with Crippen molar-refractivity contribution in [3.05, 3.63) is 56.2 Å². The zero-order valence-corrected chi connectivity index (χ0v) is 19.5. The number of anilines is 1. The number of rotatable bonds is 4. The predicted octanol–water partition coefficient (Wildman–Crippen LogP) is 6.84. The van der Waals surface area contributed by atoms with Crippen molar-refractivity contribution in [1.82, 2.24) is 0 Å². The Morgan fingerprint density at radius 2 is 1.93 bits per heavy atom. The first-order valence-corrected chi connectivity index (χ1v) is 12.0. The molecule has 2 aromatic carbocycles. The molecular weight excluding hydrogens is 438 g/mol. The van der Waals surface area contributed by atoms with Crippen LogP contribution in [0, 0.1) is 13.8 Å².